The number of nitrogens with zero attached hydrogens (tertiary/aromatic N) is 3. The summed E-state index contributed by atoms with van der Waals surface area (Å²) in [6.45, 7) is 5.83. The van der Waals surface area contributed by atoms with Gasteiger partial charge in [-0.1, -0.05) is 0 Å². The standard InChI is InChI=1S/C16H28N4/c1-12-5-4-6-15(18-12)16-10-17-11-20(16)14-7-8-19(3)13(2)9-14/h10-15,18H,4-9H2,1-3H3. The highest BCUT2D eigenvalue weighted by Gasteiger charge is 2.28. The second-order valence-electron chi connectivity index (χ2n) is 6.78. The van der Waals surface area contributed by atoms with Crippen LogP contribution < -0.4 is 5.32 Å². The van der Waals surface area contributed by atoms with E-state index in [1.54, 1.807) is 0 Å². The molecule has 0 bridgehead atoms. The largest absolute Gasteiger partial charge is 0.330 e. The molecule has 20 heavy (non-hydrogen) atoms. The fourth-order valence-corrected chi connectivity index (χ4v) is 3.78. The molecule has 0 radical (unpaired) electrons. The van der Waals surface area contributed by atoms with E-state index in [4.69, 9.17) is 0 Å². The molecule has 2 aliphatic heterocycles. The predicted octanol–water partition coefficient (Wildman–Crippen LogP) is 2.74. The maximum atomic E-state index is 4.45. The fraction of sp³-hybridized carbons (Fsp3) is 0.812. The molecule has 0 spiro atoms. The van der Waals surface area contributed by atoms with Crippen LogP contribution in [-0.4, -0.2) is 40.1 Å². The fourth-order valence-electron chi connectivity index (χ4n) is 3.78. The van der Waals surface area contributed by atoms with E-state index in [0.29, 0.717) is 24.2 Å². The molecular formula is C16H28N4. The van der Waals surface area contributed by atoms with Crippen molar-refractivity contribution < 1.29 is 0 Å². The van der Waals surface area contributed by atoms with Crippen LogP contribution in [0.4, 0.5) is 0 Å². The Kier molecular flexibility index (Phi) is 4.13. The third-order valence-corrected chi connectivity index (χ3v) is 5.24. The van der Waals surface area contributed by atoms with Crippen LogP contribution in [0.25, 0.3) is 0 Å². The number of nitrogens with one attached hydrogen (secondary N) is 1. The van der Waals surface area contributed by atoms with Gasteiger partial charge in [-0.3, -0.25) is 0 Å². The van der Waals surface area contributed by atoms with Crippen LogP contribution in [-0.2, 0) is 0 Å². The van der Waals surface area contributed by atoms with Gasteiger partial charge in [0, 0.05) is 36.9 Å². The van der Waals surface area contributed by atoms with E-state index in [-0.39, 0.29) is 0 Å². The second-order valence-corrected chi connectivity index (χ2v) is 6.78. The van der Waals surface area contributed by atoms with E-state index < -0.39 is 0 Å². The van der Waals surface area contributed by atoms with Gasteiger partial charge in [0.1, 0.15) is 0 Å². The molecule has 1 N–H and O–H groups in total. The van der Waals surface area contributed by atoms with Crippen LogP contribution in [0.5, 0.6) is 0 Å². The molecule has 112 valence electrons. The first-order valence-electron chi connectivity index (χ1n) is 8.13. The summed E-state index contributed by atoms with van der Waals surface area (Å²) in [6.07, 6.45) is 10.5. The summed E-state index contributed by atoms with van der Waals surface area (Å²) in [4.78, 5) is 6.92. The molecule has 0 aromatic carbocycles. The van der Waals surface area contributed by atoms with Crippen molar-refractivity contribution in [3.63, 3.8) is 0 Å². The molecule has 4 unspecified atom stereocenters. The first kappa shape index (κ1) is 14.1. The Morgan fingerprint density at radius 1 is 1.25 bits per heavy atom. The summed E-state index contributed by atoms with van der Waals surface area (Å²) in [7, 11) is 2.24. The molecule has 3 rings (SSSR count). The van der Waals surface area contributed by atoms with Gasteiger partial charge in [0.2, 0.25) is 0 Å². The summed E-state index contributed by atoms with van der Waals surface area (Å²) >= 11 is 0. The first-order chi connectivity index (χ1) is 9.65. The van der Waals surface area contributed by atoms with E-state index in [1.165, 1.54) is 44.3 Å². The van der Waals surface area contributed by atoms with Crippen molar-refractivity contribution in [2.75, 3.05) is 13.6 Å². The van der Waals surface area contributed by atoms with Crippen LogP contribution in [0.1, 0.15) is 63.7 Å². The number of imidazole rings is 1. The van der Waals surface area contributed by atoms with Crippen molar-refractivity contribution >= 4 is 0 Å². The lowest BCUT2D eigenvalue weighted by Gasteiger charge is -2.37. The van der Waals surface area contributed by atoms with Gasteiger partial charge in [0.15, 0.2) is 0 Å². The van der Waals surface area contributed by atoms with Crippen LogP contribution >= 0.6 is 0 Å². The summed E-state index contributed by atoms with van der Waals surface area (Å²) in [5, 5.41) is 3.75. The van der Waals surface area contributed by atoms with Gasteiger partial charge in [0.05, 0.1) is 12.0 Å². The molecule has 3 heterocycles. The molecule has 1 aromatic heterocycles. The average Bonchev–Trinajstić information content (AvgIpc) is 2.91. The maximum absolute atomic E-state index is 4.45. The lowest BCUT2D eigenvalue weighted by molar-refractivity contribution is 0.153. The lowest BCUT2D eigenvalue weighted by atomic mass is 9.95. The van der Waals surface area contributed by atoms with Crippen LogP contribution in [0.2, 0.25) is 0 Å². The molecule has 0 saturated carbocycles. The molecule has 0 aliphatic carbocycles. The van der Waals surface area contributed by atoms with Gasteiger partial charge in [-0.2, -0.15) is 0 Å². The zero-order valence-electron chi connectivity index (χ0n) is 13.0. The van der Waals surface area contributed by atoms with Gasteiger partial charge in [0.25, 0.3) is 0 Å². The van der Waals surface area contributed by atoms with Crippen LogP contribution in [0.3, 0.4) is 0 Å². The Morgan fingerprint density at radius 3 is 2.85 bits per heavy atom. The van der Waals surface area contributed by atoms with E-state index in [9.17, 15) is 0 Å². The zero-order chi connectivity index (χ0) is 14.1. The van der Waals surface area contributed by atoms with Gasteiger partial charge in [-0.25, -0.2) is 4.98 Å². The SMILES string of the molecule is CC1CCCC(c2cncn2C2CCN(C)C(C)C2)N1. The maximum Gasteiger partial charge on any atom is 0.0951 e. The Morgan fingerprint density at radius 2 is 2.10 bits per heavy atom. The van der Waals surface area contributed by atoms with Crippen molar-refractivity contribution in [3.05, 3.63) is 18.2 Å². The summed E-state index contributed by atoms with van der Waals surface area (Å²) in [5.74, 6) is 0. The molecular weight excluding hydrogens is 248 g/mol. The van der Waals surface area contributed by atoms with E-state index in [1.807, 2.05) is 0 Å². The number of hydrogen-bond donors (Lipinski definition) is 1. The van der Waals surface area contributed by atoms with Gasteiger partial charge in [-0.05, 0) is 53.0 Å². The van der Waals surface area contributed by atoms with E-state index in [0.717, 1.165) is 0 Å². The Balaban J connectivity index is 1.76. The molecule has 4 heteroatoms. The minimum absolute atomic E-state index is 0.496. The molecule has 2 aliphatic rings. The topological polar surface area (TPSA) is 33.1 Å². The summed E-state index contributed by atoms with van der Waals surface area (Å²) in [5.41, 5.74) is 1.40. The monoisotopic (exact) mass is 276 g/mol. The predicted molar refractivity (Wildman–Crippen MR) is 81.8 cm³/mol. The van der Waals surface area contributed by atoms with Crippen molar-refractivity contribution in [2.24, 2.45) is 0 Å². The molecule has 1 aromatic rings. The highest BCUT2D eigenvalue weighted by molar-refractivity contribution is 5.09. The Labute approximate surface area is 122 Å². The number of aromatic nitrogens is 2. The normalized spacial score (nSPS) is 36.1. The van der Waals surface area contributed by atoms with Crippen LogP contribution in [0, 0.1) is 0 Å². The van der Waals surface area contributed by atoms with Crippen molar-refractivity contribution in [1.29, 1.82) is 0 Å². The van der Waals surface area contributed by atoms with E-state index >= 15 is 0 Å². The Hall–Kier alpha value is -0.870. The third kappa shape index (κ3) is 2.77. The highest BCUT2D eigenvalue weighted by Crippen LogP contribution is 2.31. The number of hydrogen-bond acceptors (Lipinski definition) is 3. The number of piperidine rings is 2. The summed E-state index contributed by atoms with van der Waals surface area (Å²) < 4.78 is 2.46. The molecule has 2 fully saturated rings. The van der Waals surface area contributed by atoms with Gasteiger partial charge >= 0.3 is 0 Å². The molecule has 2 saturated heterocycles. The third-order valence-electron chi connectivity index (χ3n) is 5.24. The molecule has 4 nitrogen and oxygen atoms in total. The zero-order valence-corrected chi connectivity index (χ0v) is 13.0. The minimum atomic E-state index is 0.496. The van der Waals surface area contributed by atoms with E-state index in [2.05, 4.69) is 53.2 Å². The molecule has 4 atom stereocenters. The number of rotatable bonds is 2. The van der Waals surface area contributed by atoms with Crippen molar-refractivity contribution in [1.82, 2.24) is 19.8 Å². The highest BCUT2D eigenvalue weighted by atomic mass is 15.2. The molecule has 0 amide bonds. The summed E-state index contributed by atoms with van der Waals surface area (Å²) in [6, 6.07) is 2.42. The Bertz CT molecular complexity index is 441. The minimum Gasteiger partial charge on any atom is -0.330 e. The number of likely N-dealkylation sites (tertiary alicyclic amines) is 1. The van der Waals surface area contributed by atoms with Crippen molar-refractivity contribution in [2.45, 2.75) is 70.1 Å². The smallest absolute Gasteiger partial charge is 0.0951 e. The van der Waals surface area contributed by atoms with Gasteiger partial charge < -0.3 is 14.8 Å². The van der Waals surface area contributed by atoms with Gasteiger partial charge in [-0.15, -0.1) is 0 Å². The average molecular weight is 276 g/mol. The first-order valence-corrected chi connectivity index (χ1v) is 8.13. The van der Waals surface area contributed by atoms with Crippen molar-refractivity contribution in [3.8, 4) is 0 Å². The van der Waals surface area contributed by atoms with Crippen LogP contribution in [0.15, 0.2) is 12.5 Å². The quantitative estimate of drug-likeness (QED) is 0.901. The second kappa shape index (κ2) is 5.86. The lowest BCUT2D eigenvalue weighted by Crippen LogP contribution is -2.40.